The first-order chi connectivity index (χ1) is 14.0. The van der Waals surface area contributed by atoms with Crippen molar-refractivity contribution in [1.29, 1.82) is 0 Å². The second-order valence-corrected chi connectivity index (χ2v) is 6.51. The lowest BCUT2D eigenvalue weighted by Gasteiger charge is -2.24. The fourth-order valence-electron chi connectivity index (χ4n) is 3.01. The fourth-order valence-corrected chi connectivity index (χ4v) is 3.01. The summed E-state index contributed by atoms with van der Waals surface area (Å²) in [5.74, 6) is -0.433. The third-order valence-corrected chi connectivity index (χ3v) is 4.44. The number of nitrogens with one attached hydrogen (secondary N) is 2. The number of halogens is 2. The van der Waals surface area contributed by atoms with Gasteiger partial charge in [0.2, 0.25) is 5.91 Å². The number of alkyl halides is 2. The first-order valence-corrected chi connectivity index (χ1v) is 9.25. The molecule has 0 aliphatic rings. The third kappa shape index (κ3) is 5.62. The Morgan fingerprint density at radius 1 is 0.828 bits per heavy atom. The molecule has 29 heavy (non-hydrogen) atoms. The van der Waals surface area contributed by atoms with Gasteiger partial charge in [-0.05, 0) is 30.2 Å². The van der Waals surface area contributed by atoms with Gasteiger partial charge in [0.15, 0.2) is 0 Å². The van der Waals surface area contributed by atoms with E-state index in [1.54, 1.807) is 19.1 Å². The Kier molecular flexibility index (Phi) is 6.92. The molecule has 0 unspecified atom stereocenters. The molecule has 150 valence electrons. The summed E-state index contributed by atoms with van der Waals surface area (Å²) in [5, 5.41) is 5.99. The van der Waals surface area contributed by atoms with Crippen LogP contribution in [0.3, 0.4) is 0 Å². The molecule has 0 aliphatic heterocycles. The van der Waals surface area contributed by atoms with E-state index in [1.807, 2.05) is 60.7 Å². The molecule has 0 saturated carbocycles. The summed E-state index contributed by atoms with van der Waals surface area (Å²) in [6.07, 6.45) is 0. The molecule has 1 atom stereocenters. The lowest BCUT2D eigenvalue weighted by Crippen LogP contribution is -2.40. The van der Waals surface area contributed by atoms with Gasteiger partial charge >= 0.3 is 6.61 Å². The molecule has 0 spiro atoms. The van der Waals surface area contributed by atoms with Crippen LogP contribution in [0.2, 0.25) is 0 Å². The van der Waals surface area contributed by atoms with Gasteiger partial charge in [-0.25, -0.2) is 0 Å². The number of carbonyl (C=O) groups excluding carboxylic acids is 1. The van der Waals surface area contributed by atoms with Crippen molar-refractivity contribution < 1.29 is 18.3 Å². The summed E-state index contributed by atoms with van der Waals surface area (Å²) in [7, 11) is 0. The molecule has 0 aliphatic carbocycles. The predicted octanol–water partition coefficient (Wildman–Crippen LogP) is 4.99. The van der Waals surface area contributed by atoms with E-state index in [4.69, 9.17) is 0 Å². The summed E-state index contributed by atoms with van der Waals surface area (Å²) >= 11 is 0. The Hall–Kier alpha value is -3.25. The minimum atomic E-state index is -2.97. The second kappa shape index (κ2) is 9.80. The van der Waals surface area contributed by atoms with Crippen LogP contribution in [0.5, 0.6) is 5.75 Å². The van der Waals surface area contributed by atoms with Gasteiger partial charge in [0.1, 0.15) is 5.75 Å². The Labute approximate surface area is 168 Å². The number of carbonyl (C=O) groups is 1. The Bertz CT molecular complexity index is 881. The molecule has 0 aromatic heterocycles. The van der Waals surface area contributed by atoms with E-state index >= 15 is 0 Å². The van der Waals surface area contributed by atoms with Crippen LogP contribution in [-0.2, 0) is 4.79 Å². The van der Waals surface area contributed by atoms with Crippen molar-refractivity contribution in [3.63, 3.8) is 0 Å². The number of amides is 1. The molecule has 1 amide bonds. The van der Waals surface area contributed by atoms with Gasteiger partial charge in [-0.15, -0.1) is 0 Å². The van der Waals surface area contributed by atoms with Gasteiger partial charge < -0.3 is 10.1 Å². The van der Waals surface area contributed by atoms with E-state index in [1.165, 1.54) is 12.1 Å². The maximum Gasteiger partial charge on any atom is 0.387 e. The number of anilines is 1. The van der Waals surface area contributed by atoms with E-state index < -0.39 is 12.7 Å². The molecule has 3 aromatic carbocycles. The summed E-state index contributed by atoms with van der Waals surface area (Å²) in [4.78, 5) is 12.7. The standard InChI is InChI=1S/C23H22F2N2O2/c1-16(22(28)27-19-14-8-9-15-20(19)29-23(24)25)26-21(17-10-4-2-5-11-17)18-12-6-3-7-13-18/h2-16,21,23,26H,1H3,(H,27,28)/t16-/m1/s1. The fraction of sp³-hybridized carbons (Fsp3) is 0.174. The van der Waals surface area contributed by atoms with Gasteiger partial charge in [0.25, 0.3) is 0 Å². The van der Waals surface area contributed by atoms with Crippen molar-refractivity contribution in [1.82, 2.24) is 5.32 Å². The second-order valence-electron chi connectivity index (χ2n) is 6.51. The number of ether oxygens (including phenoxy) is 1. The number of hydrogen-bond donors (Lipinski definition) is 2. The van der Waals surface area contributed by atoms with Crippen LogP contribution in [0.1, 0.15) is 24.1 Å². The number of benzene rings is 3. The van der Waals surface area contributed by atoms with Crippen LogP contribution in [0, 0.1) is 0 Å². The van der Waals surface area contributed by atoms with Crippen LogP contribution >= 0.6 is 0 Å². The molecule has 3 rings (SSSR count). The normalized spacial score (nSPS) is 12.0. The molecule has 4 nitrogen and oxygen atoms in total. The summed E-state index contributed by atoms with van der Waals surface area (Å²) < 4.78 is 29.7. The molecule has 3 aromatic rings. The smallest absolute Gasteiger partial charge is 0.387 e. The molecule has 0 bridgehead atoms. The predicted molar refractivity (Wildman–Crippen MR) is 109 cm³/mol. The van der Waals surface area contributed by atoms with E-state index in [0.29, 0.717) is 0 Å². The van der Waals surface area contributed by atoms with Crippen molar-refractivity contribution in [2.45, 2.75) is 25.6 Å². The zero-order chi connectivity index (χ0) is 20.6. The van der Waals surface area contributed by atoms with Gasteiger partial charge in [-0.2, -0.15) is 8.78 Å². The Balaban J connectivity index is 1.77. The zero-order valence-electron chi connectivity index (χ0n) is 15.9. The zero-order valence-corrected chi connectivity index (χ0v) is 15.9. The summed E-state index contributed by atoms with van der Waals surface area (Å²) in [5.41, 5.74) is 2.22. The quantitative estimate of drug-likeness (QED) is 0.564. The van der Waals surface area contributed by atoms with E-state index in [9.17, 15) is 13.6 Å². The minimum absolute atomic E-state index is 0.0780. The van der Waals surface area contributed by atoms with E-state index in [-0.39, 0.29) is 23.4 Å². The highest BCUT2D eigenvalue weighted by Crippen LogP contribution is 2.26. The van der Waals surface area contributed by atoms with Crippen molar-refractivity contribution >= 4 is 11.6 Å². The first-order valence-electron chi connectivity index (χ1n) is 9.25. The number of para-hydroxylation sites is 2. The van der Waals surface area contributed by atoms with Crippen molar-refractivity contribution in [3.8, 4) is 5.75 Å². The largest absolute Gasteiger partial charge is 0.433 e. The molecule has 0 radical (unpaired) electrons. The van der Waals surface area contributed by atoms with Crippen LogP contribution in [0.15, 0.2) is 84.9 Å². The lowest BCUT2D eigenvalue weighted by molar-refractivity contribution is -0.118. The Morgan fingerprint density at radius 3 is 1.90 bits per heavy atom. The molecule has 2 N–H and O–H groups in total. The molecule has 0 saturated heterocycles. The van der Waals surface area contributed by atoms with Crippen LogP contribution in [0.25, 0.3) is 0 Å². The first kappa shape index (κ1) is 20.5. The highest BCUT2D eigenvalue weighted by Gasteiger charge is 2.21. The molecular weight excluding hydrogens is 374 g/mol. The molecule has 0 fully saturated rings. The third-order valence-electron chi connectivity index (χ3n) is 4.44. The highest BCUT2D eigenvalue weighted by molar-refractivity contribution is 5.95. The average Bonchev–Trinajstić information content (AvgIpc) is 2.74. The van der Waals surface area contributed by atoms with Gasteiger partial charge in [0, 0.05) is 0 Å². The van der Waals surface area contributed by atoms with Gasteiger partial charge in [-0.3, -0.25) is 10.1 Å². The molecular formula is C23H22F2N2O2. The van der Waals surface area contributed by atoms with Gasteiger partial charge in [-0.1, -0.05) is 72.8 Å². The maximum atomic E-state index is 12.7. The summed E-state index contributed by atoms with van der Waals surface area (Å²) in [6, 6.07) is 24.9. The van der Waals surface area contributed by atoms with E-state index in [0.717, 1.165) is 11.1 Å². The lowest BCUT2D eigenvalue weighted by atomic mass is 9.98. The SMILES string of the molecule is C[C@@H](NC(c1ccccc1)c1ccccc1)C(=O)Nc1ccccc1OC(F)F. The van der Waals surface area contributed by atoms with E-state index in [2.05, 4.69) is 15.4 Å². The molecule has 0 heterocycles. The minimum Gasteiger partial charge on any atom is -0.433 e. The molecule has 6 heteroatoms. The average molecular weight is 396 g/mol. The van der Waals surface area contributed by atoms with Crippen molar-refractivity contribution in [2.24, 2.45) is 0 Å². The van der Waals surface area contributed by atoms with Crippen molar-refractivity contribution in [3.05, 3.63) is 96.1 Å². The van der Waals surface area contributed by atoms with Crippen molar-refractivity contribution in [2.75, 3.05) is 5.32 Å². The van der Waals surface area contributed by atoms with Crippen LogP contribution in [0.4, 0.5) is 14.5 Å². The maximum absolute atomic E-state index is 12.7. The van der Waals surface area contributed by atoms with Gasteiger partial charge in [0.05, 0.1) is 17.8 Å². The number of hydrogen-bond acceptors (Lipinski definition) is 3. The van der Waals surface area contributed by atoms with Crippen LogP contribution < -0.4 is 15.4 Å². The number of rotatable bonds is 8. The summed E-state index contributed by atoms with van der Waals surface area (Å²) in [6.45, 7) is -1.24. The highest BCUT2D eigenvalue weighted by atomic mass is 19.3. The monoisotopic (exact) mass is 396 g/mol. The Morgan fingerprint density at radius 2 is 1.34 bits per heavy atom. The van der Waals surface area contributed by atoms with Crippen LogP contribution in [-0.4, -0.2) is 18.6 Å². The topological polar surface area (TPSA) is 50.4 Å².